The third kappa shape index (κ3) is 4.30. The van der Waals surface area contributed by atoms with Crippen molar-refractivity contribution in [3.05, 3.63) is 80.7 Å². The van der Waals surface area contributed by atoms with Crippen LogP contribution in [0.4, 0.5) is 18.3 Å². The van der Waals surface area contributed by atoms with E-state index in [1.807, 2.05) is 0 Å². The zero-order chi connectivity index (χ0) is 22.3. The minimum Gasteiger partial charge on any atom is -0.296 e. The molecule has 2 heterocycles. The number of rotatable bonds is 3. The molecule has 0 atom stereocenters. The lowest BCUT2D eigenvalue weighted by molar-refractivity contribution is -0.137. The second-order valence-corrected chi connectivity index (χ2v) is 8.01. The van der Waals surface area contributed by atoms with Crippen molar-refractivity contribution >= 4 is 44.2 Å². The molecule has 0 saturated carbocycles. The first kappa shape index (κ1) is 21.0. The van der Waals surface area contributed by atoms with Gasteiger partial charge in [-0.15, -0.1) is 0 Å². The lowest BCUT2D eigenvalue weighted by atomic mass is 10.2. The molecule has 4 rings (SSSR count). The van der Waals surface area contributed by atoms with E-state index in [1.165, 1.54) is 19.1 Å². The molecule has 11 heteroatoms. The zero-order valence-electron chi connectivity index (χ0n) is 15.7. The Hall–Kier alpha value is -3.24. The summed E-state index contributed by atoms with van der Waals surface area (Å²) in [6.45, 7) is 1.51. The van der Waals surface area contributed by atoms with E-state index >= 15 is 0 Å². The molecule has 0 saturated heterocycles. The molecule has 1 amide bonds. The number of aromatic nitrogens is 3. The molecular weight excluding hydrogens is 453 g/mol. The maximum absolute atomic E-state index is 13.1. The van der Waals surface area contributed by atoms with Gasteiger partial charge >= 0.3 is 6.18 Å². The molecule has 0 aliphatic carbocycles. The predicted molar refractivity (Wildman–Crippen MR) is 112 cm³/mol. The molecule has 0 fully saturated rings. The summed E-state index contributed by atoms with van der Waals surface area (Å²) in [4.78, 5) is 29.3. The van der Waals surface area contributed by atoms with Crippen molar-refractivity contribution in [2.75, 3.05) is 5.32 Å². The van der Waals surface area contributed by atoms with Gasteiger partial charge in [-0.05, 0) is 43.3 Å². The molecule has 158 valence electrons. The van der Waals surface area contributed by atoms with Gasteiger partial charge in [0.25, 0.3) is 5.91 Å². The molecule has 2 aromatic heterocycles. The van der Waals surface area contributed by atoms with Gasteiger partial charge in [0.2, 0.25) is 5.43 Å². The predicted octanol–water partition coefficient (Wildman–Crippen LogP) is 5.08. The van der Waals surface area contributed by atoms with E-state index in [1.54, 1.807) is 18.2 Å². The number of hydrogen-bond acceptors (Lipinski definition) is 5. The van der Waals surface area contributed by atoms with E-state index in [-0.39, 0.29) is 16.5 Å². The van der Waals surface area contributed by atoms with Crippen molar-refractivity contribution in [1.29, 1.82) is 0 Å². The van der Waals surface area contributed by atoms with Gasteiger partial charge in [0.1, 0.15) is 0 Å². The van der Waals surface area contributed by atoms with Gasteiger partial charge in [0.05, 0.1) is 21.5 Å². The average molecular weight is 465 g/mol. The molecule has 4 aromatic rings. The van der Waals surface area contributed by atoms with Crippen LogP contribution in [-0.4, -0.2) is 20.7 Å². The third-order valence-corrected chi connectivity index (χ3v) is 5.48. The van der Waals surface area contributed by atoms with E-state index in [9.17, 15) is 22.8 Å². The van der Waals surface area contributed by atoms with E-state index < -0.39 is 28.8 Å². The van der Waals surface area contributed by atoms with Gasteiger partial charge in [0, 0.05) is 16.8 Å². The first-order valence-corrected chi connectivity index (χ1v) is 9.97. The van der Waals surface area contributed by atoms with E-state index in [0.29, 0.717) is 10.5 Å². The van der Waals surface area contributed by atoms with Crippen LogP contribution < -0.4 is 10.7 Å². The van der Waals surface area contributed by atoms with Crippen LogP contribution in [0.2, 0.25) is 5.02 Å². The Morgan fingerprint density at radius 2 is 1.94 bits per heavy atom. The van der Waals surface area contributed by atoms with Gasteiger partial charge in [-0.25, -0.2) is 9.67 Å². The van der Waals surface area contributed by atoms with Crippen LogP contribution in [0.25, 0.3) is 15.9 Å². The molecule has 0 aliphatic heterocycles. The first-order chi connectivity index (χ1) is 14.6. The van der Waals surface area contributed by atoms with Crippen molar-refractivity contribution in [3.63, 3.8) is 0 Å². The number of amides is 1. The van der Waals surface area contributed by atoms with Gasteiger partial charge < -0.3 is 0 Å². The van der Waals surface area contributed by atoms with E-state index in [2.05, 4.69) is 15.4 Å². The number of halogens is 4. The lowest BCUT2D eigenvalue weighted by Crippen LogP contribution is -2.27. The van der Waals surface area contributed by atoms with Gasteiger partial charge in [0.15, 0.2) is 10.8 Å². The fourth-order valence-corrected chi connectivity index (χ4v) is 4.03. The second kappa shape index (κ2) is 7.78. The van der Waals surface area contributed by atoms with Crippen LogP contribution >= 0.6 is 22.9 Å². The van der Waals surface area contributed by atoms with Crippen molar-refractivity contribution in [2.45, 2.75) is 13.1 Å². The van der Waals surface area contributed by atoms with Gasteiger partial charge in [-0.2, -0.15) is 18.3 Å². The highest BCUT2D eigenvalue weighted by atomic mass is 35.5. The number of carbonyl (C=O) groups excluding carboxylic acids is 1. The van der Waals surface area contributed by atoms with Crippen LogP contribution in [0.15, 0.2) is 53.3 Å². The number of anilines is 1. The maximum Gasteiger partial charge on any atom is 0.416 e. The topological polar surface area (TPSA) is 76.9 Å². The highest BCUT2D eigenvalue weighted by Gasteiger charge is 2.30. The van der Waals surface area contributed by atoms with Crippen LogP contribution in [0, 0.1) is 6.92 Å². The number of benzene rings is 2. The number of nitrogens with one attached hydrogen (secondary N) is 1. The van der Waals surface area contributed by atoms with Gasteiger partial charge in [-0.1, -0.05) is 29.0 Å². The Balaban J connectivity index is 1.70. The molecule has 6 nitrogen and oxygen atoms in total. The molecule has 31 heavy (non-hydrogen) atoms. The summed E-state index contributed by atoms with van der Waals surface area (Å²) in [5.41, 5.74) is -1.05. The smallest absolute Gasteiger partial charge is 0.296 e. The maximum atomic E-state index is 13.1. The van der Waals surface area contributed by atoms with Gasteiger partial charge in [-0.3, -0.25) is 14.9 Å². The summed E-state index contributed by atoms with van der Waals surface area (Å²) >= 11 is 7.11. The highest BCUT2D eigenvalue weighted by Crippen LogP contribution is 2.30. The molecule has 2 aromatic carbocycles. The summed E-state index contributed by atoms with van der Waals surface area (Å²) in [5, 5.41) is 7.26. The molecule has 0 unspecified atom stereocenters. The fourth-order valence-electron chi connectivity index (χ4n) is 2.89. The zero-order valence-corrected chi connectivity index (χ0v) is 17.3. The Labute approximate surface area is 181 Å². The normalized spacial score (nSPS) is 11.6. The Morgan fingerprint density at radius 3 is 2.68 bits per heavy atom. The lowest BCUT2D eigenvalue weighted by Gasteiger charge is -2.13. The van der Waals surface area contributed by atoms with E-state index in [4.69, 9.17) is 11.6 Å². The molecule has 0 spiro atoms. The first-order valence-electron chi connectivity index (χ1n) is 8.78. The number of nitrogens with zero attached hydrogens (tertiary/aromatic N) is 3. The standard InChI is InChI=1S/C20H12ClF3N4O2S/c1-10-7-15(29)17(27-28(10)13-4-2-3-11(8-13)20(22,23)24)18(30)26-19-25-14-6-5-12(21)9-16(14)31-19/h2-9H,1H3,(H,25,26,30). The Bertz CT molecular complexity index is 1380. The number of fused-ring (bicyclic) bond motifs is 1. The number of alkyl halides is 3. The fraction of sp³-hybridized carbons (Fsp3) is 0.100. The Kier molecular flexibility index (Phi) is 5.28. The highest BCUT2D eigenvalue weighted by molar-refractivity contribution is 7.22. The van der Waals surface area contributed by atoms with Crippen LogP contribution in [0.5, 0.6) is 0 Å². The van der Waals surface area contributed by atoms with Crippen molar-refractivity contribution in [2.24, 2.45) is 0 Å². The number of hydrogen-bond donors (Lipinski definition) is 1. The Morgan fingerprint density at radius 1 is 1.16 bits per heavy atom. The number of thiazole rings is 1. The second-order valence-electron chi connectivity index (χ2n) is 6.54. The summed E-state index contributed by atoms with van der Waals surface area (Å²) in [5.74, 6) is -0.823. The van der Waals surface area contributed by atoms with Crippen molar-refractivity contribution in [1.82, 2.24) is 14.8 Å². The summed E-state index contributed by atoms with van der Waals surface area (Å²) in [7, 11) is 0. The summed E-state index contributed by atoms with van der Waals surface area (Å²) in [6, 6.07) is 10.6. The van der Waals surface area contributed by atoms with Crippen molar-refractivity contribution < 1.29 is 18.0 Å². The molecule has 0 bridgehead atoms. The largest absolute Gasteiger partial charge is 0.416 e. The number of carbonyl (C=O) groups is 1. The monoisotopic (exact) mass is 464 g/mol. The molecule has 0 aliphatic rings. The van der Waals surface area contributed by atoms with Crippen LogP contribution in [0.1, 0.15) is 21.7 Å². The van der Waals surface area contributed by atoms with E-state index in [0.717, 1.165) is 38.9 Å². The SMILES string of the molecule is Cc1cc(=O)c(C(=O)Nc2nc3ccc(Cl)cc3s2)nn1-c1cccc(C(F)(F)F)c1. The number of aryl methyl sites for hydroxylation is 1. The quantitative estimate of drug-likeness (QED) is 0.459. The third-order valence-electron chi connectivity index (χ3n) is 4.31. The molecule has 1 N–H and O–H groups in total. The van der Waals surface area contributed by atoms with Crippen LogP contribution in [0.3, 0.4) is 0 Å². The minimum absolute atomic E-state index is 0.0657. The van der Waals surface area contributed by atoms with Crippen LogP contribution in [-0.2, 0) is 6.18 Å². The molecular formula is C20H12ClF3N4O2S. The van der Waals surface area contributed by atoms with Crippen molar-refractivity contribution in [3.8, 4) is 5.69 Å². The minimum atomic E-state index is -4.54. The summed E-state index contributed by atoms with van der Waals surface area (Å²) < 4.78 is 41.0. The molecule has 0 radical (unpaired) electrons. The summed E-state index contributed by atoms with van der Waals surface area (Å²) in [6.07, 6.45) is -4.54. The average Bonchev–Trinajstić information content (AvgIpc) is 3.08.